The van der Waals surface area contributed by atoms with Crippen LogP contribution < -0.4 is 15.2 Å². The Hall–Kier alpha value is -6.29. The van der Waals surface area contributed by atoms with Crippen molar-refractivity contribution in [3.8, 4) is 28.1 Å². The van der Waals surface area contributed by atoms with E-state index >= 15 is 9.59 Å². The quantitative estimate of drug-likeness (QED) is 0.0512. The summed E-state index contributed by atoms with van der Waals surface area (Å²) in [6.07, 6.45) is 4.67. The first kappa shape index (κ1) is 62.2. The molecule has 453 valence electrons. The van der Waals surface area contributed by atoms with Crippen molar-refractivity contribution in [1.29, 1.82) is 0 Å². The van der Waals surface area contributed by atoms with E-state index in [4.69, 9.17) is 18.9 Å². The summed E-state index contributed by atoms with van der Waals surface area (Å²) in [6, 6.07) is 19.4. The number of aromatic nitrogens is 2. The van der Waals surface area contributed by atoms with Gasteiger partial charge in [0.1, 0.15) is 41.4 Å². The number of nitrogens with zero attached hydrogens (tertiary/aromatic N) is 6. The molecule has 4 amide bonds. The van der Waals surface area contributed by atoms with Crippen LogP contribution >= 0.6 is 0 Å². The molecule has 2 saturated heterocycles. The number of cyclic esters (lactones) is 1. The van der Waals surface area contributed by atoms with Gasteiger partial charge in [-0.2, -0.15) is 4.31 Å². The van der Waals surface area contributed by atoms with Gasteiger partial charge >= 0.3 is 5.97 Å². The fraction of sp³-hybridized carbons (Fsp3) is 0.531. The van der Waals surface area contributed by atoms with E-state index < -0.39 is 91.3 Å². The van der Waals surface area contributed by atoms with E-state index in [-0.39, 0.29) is 36.6 Å². The molecule has 1 unspecified atom stereocenters. The number of carbonyl (C=O) groups excluding carboxylic acids is 5. The average molecular weight is 1190 g/mol. The molecule has 9 rings (SSSR count). The Morgan fingerprint density at radius 3 is 2.38 bits per heavy atom. The van der Waals surface area contributed by atoms with Crippen LogP contribution in [0.5, 0.6) is 5.75 Å². The zero-order valence-corrected chi connectivity index (χ0v) is 53.1. The van der Waals surface area contributed by atoms with Crippen molar-refractivity contribution < 1.29 is 47.2 Å². The molecule has 5 heterocycles. The lowest BCUT2D eigenvalue weighted by Gasteiger charge is -2.48. The van der Waals surface area contributed by atoms with Gasteiger partial charge in [0.05, 0.1) is 41.3 Å². The van der Waals surface area contributed by atoms with Gasteiger partial charge in [0.25, 0.3) is 5.91 Å². The Labute approximate surface area is 498 Å². The average Bonchev–Trinajstić information content (AvgIpc) is 1.66. The van der Waals surface area contributed by atoms with E-state index in [1.54, 1.807) is 44.6 Å². The molecule has 6 bridgehead atoms. The number of esters is 1. The van der Waals surface area contributed by atoms with Crippen molar-refractivity contribution in [2.24, 2.45) is 11.3 Å². The first-order valence-electron chi connectivity index (χ1n) is 29.7. The molecule has 3 N–H and O–H groups in total. The van der Waals surface area contributed by atoms with Gasteiger partial charge in [0.2, 0.25) is 17.7 Å². The SMILES string of the molecule is CCn1c(-c2cccnc2[C@H](C)OC)c2c3cc(ccc31)-c1cc(cc(O[Si-](C)(C)C(C)(C)C)c1)C[C@H](NC(=O)[C@H](C1CCCC1)N(C)C(=O)CN(C)C(=O)[C@H]1[C@@H](O)N1[S@](=O)c1ccc(C)cc1)C(=O)N1CCC[C@H](N1)C(=O)OCC(C)(C)C2. The summed E-state index contributed by atoms with van der Waals surface area (Å²) in [7, 11) is 0.387. The van der Waals surface area contributed by atoms with Gasteiger partial charge in [-0.3, -0.25) is 34.0 Å². The van der Waals surface area contributed by atoms with Gasteiger partial charge in [-0.25, -0.2) is 9.63 Å². The number of aliphatic hydroxyl groups is 1. The Morgan fingerprint density at radius 2 is 1.70 bits per heavy atom. The molecule has 20 heteroatoms. The summed E-state index contributed by atoms with van der Waals surface area (Å²) in [6.45, 7) is 21.8. The number of aryl methyl sites for hydroxylation is 2. The number of fused-ring (bicyclic) bond motifs is 6. The van der Waals surface area contributed by atoms with E-state index in [0.29, 0.717) is 49.3 Å². The van der Waals surface area contributed by atoms with Gasteiger partial charge in [0.15, 0.2) is 0 Å². The van der Waals surface area contributed by atoms with Crippen molar-refractivity contribution >= 4 is 59.8 Å². The van der Waals surface area contributed by atoms with Crippen molar-refractivity contribution in [1.82, 2.24) is 39.4 Å². The maximum atomic E-state index is 15.4. The molecule has 2 aromatic heterocycles. The van der Waals surface area contributed by atoms with Crippen molar-refractivity contribution in [2.45, 2.75) is 173 Å². The molecule has 0 spiro atoms. The third-order valence-electron chi connectivity index (χ3n) is 17.9. The summed E-state index contributed by atoms with van der Waals surface area (Å²) in [5, 5.41) is 16.3. The molecule has 84 heavy (non-hydrogen) atoms. The lowest BCUT2D eigenvalue weighted by molar-refractivity contribution is -0.155. The number of ether oxygens (including phenoxy) is 2. The minimum absolute atomic E-state index is 0.0234. The zero-order valence-electron chi connectivity index (χ0n) is 51.2. The first-order chi connectivity index (χ1) is 39.7. The number of hydrogen-bond acceptors (Lipinski definition) is 12. The predicted octanol–water partition coefficient (Wildman–Crippen LogP) is 8.64. The third kappa shape index (κ3) is 13.1. The van der Waals surface area contributed by atoms with Crippen LogP contribution in [0.2, 0.25) is 18.1 Å². The van der Waals surface area contributed by atoms with E-state index in [1.165, 1.54) is 26.2 Å². The molecule has 4 aliphatic rings. The summed E-state index contributed by atoms with van der Waals surface area (Å²) < 4.78 is 36.2. The van der Waals surface area contributed by atoms with Crippen LogP contribution in [-0.2, 0) is 63.8 Å². The van der Waals surface area contributed by atoms with Crippen LogP contribution in [0, 0.1) is 18.3 Å². The van der Waals surface area contributed by atoms with Crippen molar-refractivity contribution in [3.05, 3.63) is 101 Å². The Kier molecular flexibility index (Phi) is 18.5. The van der Waals surface area contributed by atoms with E-state index in [0.717, 1.165) is 68.5 Å². The van der Waals surface area contributed by atoms with Crippen LogP contribution in [0.4, 0.5) is 0 Å². The molecule has 0 radical (unpaired) electrons. The summed E-state index contributed by atoms with van der Waals surface area (Å²) in [5.41, 5.74) is 11.0. The molecule has 1 aliphatic carbocycles. The largest absolute Gasteiger partial charge is 0.689 e. The fourth-order valence-electron chi connectivity index (χ4n) is 12.0. The number of hydrazine groups is 1. The van der Waals surface area contributed by atoms with Crippen LogP contribution in [-0.4, -0.2) is 147 Å². The fourth-order valence-corrected chi connectivity index (χ4v) is 14.3. The number of carbonyl (C=O) groups is 5. The number of pyridine rings is 1. The molecule has 18 nitrogen and oxygen atoms in total. The minimum Gasteiger partial charge on any atom is -0.689 e. The second-order valence-corrected chi connectivity index (χ2v) is 32.0. The normalized spacial score (nSPS) is 22.4. The van der Waals surface area contributed by atoms with Crippen LogP contribution in [0.15, 0.2) is 83.9 Å². The molecular formula is C64H86N8O10SSi-. The standard InChI is InChI=1S/C64H86N8O10SSi/c1-14-70-52-28-25-43-35-48(52)49(56(70)47-21-17-29-65-54(47)40(3)80-11)36-64(7,8)38-81-62(78)50-22-18-30-71(67-50)59(75)51(33-41-31-44(43)34-45(32-41)82-84(12,13)63(4,5)6)66-58(74)55(42-19-15-16-20-42)69(10)53(73)37-68(9)60(76)57-61(77)72(57)83(79)46-26-23-39(2)24-27-46/h17,21,23-29,31-32,34-35,40,42,50-51,55,57,61,67,77H,14-16,18-20,22,30,33,36-38H2,1-13H3,(H,66,74)/q-1/t40-,50-,51-,55-,57-,61+,72?,83+/m0/s1. The number of benzene rings is 3. The van der Waals surface area contributed by atoms with Gasteiger partial charge in [-0.15, -0.1) is 18.1 Å². The number of nitrogens with one attached hydrogen (secondary N) is 2. The topological polar surface area (TPSA) is 205 Å². The number of aliphatic hydroxyl groups excluding tert-OH is 1. The zero-order chi connectivity index (χ0) is 60.7. The van der Waals surface area contributed by atoms with Crippen molar-refractivity contribution in [2.75, 3.05) is 40.9 Å². The van der Waals surface area contributed by atoms with Gasteiger partial charge in [-0.05, 0) is 130 Å². The Morgan fingerprint density at radius 1 is 0.988 bits per heavy atom. The minimum atomic E-state index is -2.48. The second kappa shape index (κ2) is 25.0. The highest BCUT2D eigenvalue weighted by Crippen LogP contribution is 2.44. The monoisotopic (exact) mass is 1190 g/mol. The van der Waals surface area contributed by atoms with E-state index in [9.17, 15) is 23.7 Å². The number of rotatable bonds is 15. The third-order valence-corrected chi connectivity index (χ3v) is 23.8. The summed E-state index contributed by atoms with van der Waals surface area (Å²) >= 11 is 0. The highest BCUT2D eigenvalue weighted by atomic mass is 32.2. The second-order valence-electron chi connectivity index (χ2n) is 25.8. The van der Waals surface area contributed by atoms with E-state index in [2.05, 4.69) is 106 Å². The summed E-state index contributed by atoms with van der Waals surface area (Å²) in [5.74, 6) is -2.21. The van der Waals surface area contributed by atoms with Crippen molar-refractivity contribution in [3.63, 3.8) is 0 Å². The lowest BCUT2D eigenvalue weighted by atomic mass is 9.84. The Balaban J connectivity index is 1.10. The number of likely N-dealkylation sites (N-methyl/N-ethyl adjacent to an activating group) is 2. The lowest BCUT2D eigenvalue weighted by Crippen LogP contribution is -2.62. The molecular weight excluding hydrogens is 1100 g/mol. The van der Waals surface area contributed by atoms with Gasteiger partial charge < -0.3 is 38.7 Å². The highest BCUT2D eigenvalue weighted by molar-refractivity contribution is 7.83. The van der Waals surface area contributed by atoms with Gasteiger partial charge in [0, 0.05) is 77.1 Å². The molecule has 8 atom stereocenters. The molecule has 3 aliphatic heterocycles. The van der Waals surface area contributed by atoms with Crippen LogP contribution in [0.25, 0.3) is 33.3 Å². The molecule has 3 aromatic carbocycles. The Bertz CT molecular complexity index is 3320. The number of methoxy groups -OCH3 is 1. The highest BCUT2D eigenvalue weighted by Gasteiger charge is 2.57. The van der Waals surface area contributed by atoms with Gasteiger partial charge in [-0.1, -0.05) is 77.3 Å². The molecule has 5 aromatic rings. The molecule has 1 saturated carbocycles. The maximum Gasteiger partial charge on any atom is 0.324 e. The number of amides is 4. The number of hydrogen-bond donors (Lipinski definition) is 3. The summed E-state index contributed by atoms with van der Waals surface area (Å²) in [4.78, 5) is 81.1. The van der Waals surface area contributed by atoms with E-state index in [1.807, 2.05) is 26.0 Å². The first-order valence-corrected chi connectivity index (χ1v) is 33.7. The van der Waals surface area contributed by atoms with Crippen LogP contribution in [0.1, 0.15) is 115 Å². The maximum absolute atomic E-state index is 15.4. The predicted molar refractivity (Wildman–Crippen MR) is 327 cm³/mol. The molecule has 3 fully saturated rings. The van der Waals surface area contributed by atoms with Crippen LogP contribution in [0.3, 0.4) is 0 Å². The smallest absolute Gasteiger partial charge is 0.324 e.